The third-order valence-corrected chi connectivity index (χ3v) is 5.42. The van der Waals surface area contributed by atoms with Gasteiger partial charge in [-0.15, -0.1) is 0 Å². The summed E-state index contributed by atoms with van der Waals surface area (Å²) < 4.78 is 0. The fourth-order valence-electron chi connectivity index (χ4n) is 3.91. The van der Waals surface area contributed by atoms with Crippen LogP contribution >= 0.6 is 0 Å². The maximum Gasteiger partial charge on any atom is 0.193 e. The number of nitrogens with one attached hydrogen (secondary N) is 1. The van der Waals surface area contributed by atoms with Crippen LogP contribution in [0.5, 0.6) is 5.75 Å². The number of aliphatic imine (C=N–C) groups is 1. The zero-order valence-electron chi connectivity index (χ0n) is 16.0. The van der Waals surface area contributed by atoms with Crippen LogP contribution in [0, 0.1) is 0 Å². The summed E-state index contributed by atoms with van der Waals surface area (Å²) in [6.07, 6.45) is 5.44. The standard InChI is InChI=1S/C20H33N5O/c1-21-20(22-10-13-23-11-6-2-3-7-12-23)25-16-14-24(15-17-25)18-8-4-5-9-19(18)26/h4-5,8-9,26H,2-3,6-7,10-17H2,1H3,(H,21,22). The van der Waals surface area contributed by atoms with Crippen molar-refractivity contribution in [1.82, 2.24) is 15.1 Å². The number of phenolic OH excluding ortho intramolecular Hbond substituents is 1. The van der Waals surface area contributed by atoms with Gasteiger partial charge in [-0.2, -0.15) is 0 Å². The number of phenols is 1. The summed E-state index contributed by atoms with van der Waals surface area (Å²) in [5.41, 5.74) is 0.927. The Labute approximate surface area is 157 Å². The van der Waals surface area contributed by atoms with E-state index in [0.717, 1.165) is 50.9 Å². The molecular weight excluding hydrogens is 326 g/mol. The van der Waals surface area contributed by atoms with Gasteiger partial charge in [0.05, 0.1) is 5.69 Å². The quantitative estimate of drug-likeness (QED) is 0.636. The van der Waals surface area contributed by atoms with Crippen molar-refractivity contribution < 1.29 is 5.11 Å². The van der Waals surface area contributed by atoms with Gasteiger partial charge in [0.15, 0.2) is 5.96 Å². The van der Waals surface area contributed by atoms with E-state index in [1.54, 1.807) is 6.07 Å². The van der Waals surface area contributed by atoms with Gasteiger partial charge < -0.3 is 25.1 Å². The average molecular weight is 360 g/mol. The number of hydrogen-bond acceptors (Lipinski definition) is 4. The molecule has 0 radical (unpaired) electrons. The Bertz CT molecular complexity index is 575. The lowest BCUT2D eigenvalue weighted by molar-refractivity contribution is 0.286. The van der Waals surface area contributed by atoms with Crippen LogP contribution in [0.25, 0.3) is 0 Å². The Morgan fingerprint density at radius 2 is 1.69 bits per heavy atom. The summed E-state index contributed by atoms with van der Waals surface area (Å²) in [6.45, 7) is 8.13. The van der Waals surface area contributed by atoms with Crippen LogP contribution in [0.4, 0.5) is 5.69 Å². The lowest BCUT2D eigenvalue weighted by Gasteiger charge is -2.38. The van der Waals surface area contributed by atoms with Gasteiger partial charge >= 0.3 is 0 Å². The molecule has 0 atom stereocenters. The molecule has 0 spiro atoms. The second-order valence-corrected chi connectivity index (χ2v) is 7.19. The third kappa shape index (κ3) is 5.04. The van der Waals surface area contributed by atoms with E-state index >= 15 is 0 Å². The lowest BCUT2D eigenvalue weighted by Crippen LogP contribution is -2.53. The average Bonchev–Trinajstić information content (AvgIpc) is 2.95. The summed E-state index contributed by atoms with van der Waals surface area (Å²) in [5.74, 6) is 1.36. The Hall–Kier alpha value is -1.95. The van der Waals surface area contributed by atoms with Gasteiger partial charge in [0.1, 0.15) is 5.75 Å². The minimum absolute atomic E-state index is 0.362. The topological polar surface area (TPSA) is 54.3 Å². The van der Waals surface area contributed by atoms with Gasteiger partial charge in [0, 0.05) is 46.3 Å². The molecule has 26 heavy (non-hydrogen) atoms. The molecule has 2 fully saturated rings. The number of anilines is 1. The first-order valence-electron chi connectivity index (χ1n) is 9.99. The first kappa shape index (κ1) is 18.8. The molecule has 0 aromatic heterocycles. The van der Waals surface area contributed by atoms with Crippen molar-refractivity contribution in [2.45, 2.75) is 25.7 Å². The van der Waals surface area contributed by atoms with Crippen LogP contribution in [-0.2, 0) is 0 Å². The maximum absolute atomic E-state index is 10.0. The third-order valence-electron chi connectivity index (χ3n) is 5.42. The van der Waals surface area contributed by atoms with E-state index in [1.807, 2.05) is 25.2 Å². The molecule has 1 aromatic carbocycles. The molecule has 3 rings (SSSR count). The van der Waals surface area contributed by atoms with Crippen LogP contribution in [-0.4, -0.2) is 80.3 Å². The van der Waals surface area contributed by atoms with Crippen molar-refractivity contribution in [2.24, 2.45) is 4.99 Å². The van der Waals surface area contributed by atoms with Crippen molar-refractivity contribution in [3.63, 3.8) is 0 Å². The minimum atomic E-state index is 0.362. The van der Waals surface area contributed by atoms with E-state index in [0.29, 0.717) is 5.75 Å². The molecule has 0 aliphatic carbocycles. The van der Waals surface area contributed by atoms with Crippen molar-refractivity contribution >= 4 is 11.6 Å². The highest BCUT2D eigenvalue weighted by molar-refractivity contribution is 5.80. The molecule has 2 aliphatic heterocycles. The van der Waals surface area contributed by atoms with E-state index < -0.39 is 0 Å². The largest absolute Gasteiger partial charge is 0.506 e. The Morgan fingerprint density at radius 3 is 2.35 bits per heavy atom. The Balaban J connectivity index is 1.44. The van der Waals surface area contributed by atoms with Crippen molar-refractivity contribution in [2.75, 3.05) is 64.3 Å². The normalized spacial score (nSPS) is 20.1. The van der Waals surface area contributed by atoms with Crippen LogP contribution in [0.2, 0.25) is 0 Å². The molecule has 0 bridgehead atoms. The lowest BCUT2D eigenvalue weighted by atomic mass is 10.2. The molecule has 0 unspecified atom stereocenters. The second kappa shape index (κ2) is 9.67. The number of rotatable bonds is 4. The van der Waals surface area contributed by atoms with Crippen LogP contribution < -0.4 is 10.2 Å². The molecule has 1 aromatic rings. The number of piperazine rings is 1. The minimum Gasteiger partial charge on any atom is -0.506 e. The number of para-hydroxylation sites is 2. The maximum atomic E-state index is 10.0. The molecule has 2 aliphatic rings. The summed E-state index contributed by atoms with van der Waals surface area (Å²) in [4.78, 5) is 11.6. The van der Waals surface area contributed by atoms with Gasteiger partial charge in [-0.05, 0) is 38.1 Å². The Morgan fingerprint density at radius 1 is 1.00 bits per heavy atom. The fraction of sp³-hybridized carbons (Fsp3) is 0.650. The zero-order valence-corrected chi connectivity index (χ0v) is 16.0. The highest BCUT2D eigenvalue weighted by Crippen LogP contribution is 2.27. The van der Waals surface area contributed by atoms with E-state index in [1.165, 1.54) is 38.8 Å². The van der Waals surface area contributed by atoms with Crippen molar-refractivity contribution in [3.05, 3.63) is 24.3 Å². The van der Waals surface area contributed by atoms with Crippen molar-refractivity contribution in [3.8, 4) is 5.75 Å². The molecule has 0 saturated carbocycles. The highest BCUT2D eigenvalue weighted by atomic mass is 16.3. The van der Waals surface area contributed by atoms with Crippen LogP contribution in [0.15, 0.2) is 29.3 Å². The number of likely N-dealkylation sites (tertiary alicyclic amines) is 1. The first-order chi connectivity index (χ1) is 12.8. The SMILES string of the molecule is CN=C(NCCN1CCCCCC1)N1CCN(c2ccccc2O)CC1. The van der Waals surface area contributed by atoms with E-state index in [2.05, 4.69) is 25.0 Å². The molecule has 6 heteroatoms. The molecular formula is C20H33N5O. The monoisotopic (exact) mass is 359 g/mol. The molecule has 144 valence electrons. The first-order valence-corrected chi connectivity index (χ1v) is 9.99. The van der Waals surface area contributed by atoms with Crippen LogP contribution in [0.3, 0.4) is 0 Å². The van der Waals surface area contributed by atoms with E-state index in [9.17, 15) is 5.11 Å². The van der Waals surface area contributed by atoms with Crippen molar-refractivity contribution in [1.29, 1.82) is 0 Å². The summed E-state index contributed by atoms with van der Waals surface area (Å²) >= 11 is 0. The Kier molecular flexibility index (Phi) is 7.00. The van der Waals surface area contributed by atoms with Gasteiger partial charge in [-0.1, -0.05) is 25.0 Å². The molecule has 0 amide bonds. The molecule has 2 N–H and O–H groups in total. The predicted molar refractivity (Wildman–Crippen MR) is 108 cm³/mol. The van der Waals surface area contributed by atoms with E-state index in [4.69, 9.17) is 0 Å². The van der Waals surface area contributed by atoms with Gasteiger partial charge in [0.2, 0.25) is 0 Å². The zero-order chi connectivity index (χ0) is 18.2. The van der Waals surface area contributed by atoms with E-state index in [-0.39, 0.29) is 0 Å². The predicted octanol–water partition coefficient (Wildman–Crippen LogP) is 1.97. The summed E-state index contributed by atoms with van der Waals surface area (Å²) in [5, 5.41) is 13.6. The van der Waals surface area contributed by atoms with Crippen LogP contribution in [0.1, 0.15) is 25.7 Å². The number of benzene rings is 1. The molecule has 2 saturated heterocycles. The smallest absolute Gasteiger partial charge is 0.193 e. The number of aromatic hydroxyl groups is 1. The number of nitrogens with zero attached hydrogens (tertiary/aromatic N) is 4. The summed E-state index contributed by atoms with van der Waals surface area (Å²) in [6, 6.07) is 7.58. The van der Waals surface area contributed by atoms with Gasteiger partial charge in [0.25, 0.3) is 0 Å². The number of guanidine groups is 1. The van der Waals surface area contributed by atoms with Gasteiger partial charge in [-0.25, -0.2) is 0 Å². The highest BCUT2D eigenvalue weighted by Gasteiger charge is 2.21. The number of hydrogen-bond donors (Lipinski definition) is 2. The van der Waals surface area contributed by atoms with Gasteiger partial charge in [-0.3, -0.25) is 4.99 Å². The fourth-order valence-corrected chi connectivity index (χ4v) is 3.91. The summed E-state index contributed by atoms with van der Waals surface area (Å²) in [7, 11) is 1.86. The molecule has 2 heterocycles. The second-order valence-electron chi connectivity index (χ2n) is 7.19. The molecule has 6 nitrogen and oxygen atoms in total.